The standard InChI is InChI=1S/C15H10N4O2/c16-8-5-6-9-10(7-8)14(21)19(13(9)20)15-17-11-3-1-2-4-12(11)18-15/h1-7H,16H2,(H,17,18). The summed E-state index contributed by atoms with van der Waals surface area (Å²) in [7, 11) is 0. The van der Waals surface area contributed by atoms with E-state index in [2.05, 4.69) is 9.97 Å². The van der Waals surface area contributed by atoms with Gasteiger partial charge in [-0.25, -0.2) is 9.88 Å². The van der Waals surface area contributed by atoms with Crippen molar-refractivity contribution in [2.24, 2.45) is 0 Å². The van der Waals surface area contributed by atoms with Crippen molar-refractivity contribution < 1.29 is 9.59 Å². The first-order valence-corrected chi connectivity index (χ1v) is 6.38. The SMILES string of the molecule is Nc1ccc2c(c1)C(=O)N(c1nc3ccccc3[nH]1)C2=O. The first kappa shape index (κ1) is 11.7. The van der Waals surface area contributed by atoms with Crippen LogP contribution in [0.4, 0.5) is 11.6 Å². The summed E-state index contributed by atoms with van der Waals surface area (Å²) in [6.45, 7) is 0. The summed E-state index contributed by atoms with van der Waals surface area (Å²) >= 11 is 0. The largest absolute Gasteiger partial charge is 0.399 e. The fourth-order valence-electron chi connectivity index (χ4n) is 2.50. The number of hydrogen-bond donors (Lipinski definition) is 2. The molecular formula is C15H10N4O2. The molecule has 6 heteroatoms. The Morgan fingerprint density at radius 3 is 2.57 bits per heavy atom. The summed E-state index contributed by atoms with van der Waals surface area (Å²) in [5.41, 5.74) is 8.24. The number of benzene rings is 2. The van der Waals surface area contributed by atoms with Gasteiger partial charge in [0.2, 0.25) is 5.95 Å². The van der Waals surface area contributed by atoms with E-state index in [1.165, 1.54) is 6.07 Å². The molecule has 0 bridgehead atoms. The second-order valence-electron chi connectivity index (χ2n) is 4.83. The number of imide groups is 1. The number of H-pyrrole nitrogens is 1. The number of nitrogens with two attached hydrogens (primary N) is 1. The van der Waals surface area contributed by atoms with Crippen molar-refractivity contribution in [1.29, 1.82) is 0 Å². The molecule has 0 aliphatic carbocycles. The average molecular weight is 278 g/mol. The number of nitrogens with one attached hydrogen (secondary N) is 1. The molecule has 0 spiro atoms. The molecule has 2 amide bonds. The van der Waals surface area contributed by atoms with Crippen LogP contribution in [0.15, 0.2) is 42.5 Å². The number of carbonyl (C=O) groups is 2. The summed E-state index contributed by atoms with van der Waals surface area (Å²) in [5, 5.41) is 0. The highest BCUT2D eigenvalue weighted by atomic mass is 16.2. The third-order valence-electron chi connectivity index (χ3n) is 3.50. The minimum absolute atomic E-state index is 0.223. The van der Waals surface area contributed by atoms with Crippen molar-refractivity contribution in [2.45, 2.75) is 0 Å². The van der Waals surface area contributed by atoms with Gasteiger partial charge in [-0.2, -0.15) is 0 Å². The number of imidazole rings is 1. The summed E-state index contributed by atoms with van der Waals surface area (Å²) in [5.74, 6) is -0.587. The first-order valence-electron chi connectivity index (χ1n) is 6.38. The van der Waals surface area contributed by atoms with Crippen LogP contribution in [0.3, 0.4) is 0 Å². The van der Waals surface area contributed by atoms with Crippen molar-refractivity contribution in [1.82, 2.24) is 9.97 Å². The molecule has 2 aromatic carbocycles. The Morgan fingerprint density at radius 2 is 1.76 bits per heavy atom. The zero-order chi connectivity index (χ0) is 14.6. The van der Waals surface area contributed by atoms with Gasteiger partial charge in [0.05, 0.1) is 22.2 Å². The molecular weight excluding hydrogens is 268 g/mol. The van der Waals surface area contributed by atoms with Gasteiger partial charge in [-0.1, -0.05) is 12.1 Å². The predicted molar refractivity (Wildman–Crippen MR) is 78.1 cm³/mol. The van der Waals surface area contributed by atoms with Crippen LogP contribution in [0.25, 0.3) is 11.0 Å². The summed E-state index contributed by atoms with van der Waals surface area (Å²) in [4.78, 5) is 33.2. The van der Waals surface area contributed by atoms with Crippen LogP contribution in [-0.2, 0) is 0 Å². The molecule has 2 heterocycles. The molecule has 0 atom stereocenters. The third-order valence-corrected chi connectivity index (χ3v) is 3.50. The number of para-hydroxylation sites is 2. The van der Waals surface area contributed by atoms with Crippen LogP contribution in [0.5, 0.6) is 0 Å². The van der Waals surface area contributed by atoms with Crippen LogP contribution in [0.1, 0.15) is 20.7 Å². The van der Waals surface area contributed by atoms with Crippen molar-refractivity contribution >= 4 is 34.5 Å². The Balaban J connectivity index is 1.87. The van der Waals surface area contributed by atoms with E-state index in [4.69, 9.17) is 5.73 Å². The van der Waals surface area contributed by atoms with E-state index in [-0.39, 0.29) is 5.95 Å². The van der Waals surface area contributed by atoms with E-state index in [9.17, 15) is 9.59 Å². The molecule has 1 aliphatic rings. The van der Waals surface area contributed by atoms with E-state index in [0.29, 0.717) is 22.3 Å². The number of amides is 2. The smallest absolute Gasteiger partial charge is 0.268 e. The lowest BCUT2D eigenvalue weighted by Crippen LogP contribution is -2.30. The molecule has 21 heavy (non-hydrogen) atoms. The highest BCUT2D eigenvalue weighted by Gasteiger charge is 2.38. The first-order chi connectivity index (χ1) is 10.1. The van der Waals surface area contributed by atoms with Gasteiger partial charge in [0.15, 0.2) is 0 Å². The lowest BCUT2D eigenvalue weighted by molar-refractivity contribution is 0.0924. The van der Waals surface area contributed by atoms with Crippen LogP contribution >= 0.6 is 0 Å². The highest BCUT2D eigenvalue weighted by Crippen LogP contribution is 2.29. The van der Waals surface area contributed by atoms with Crippen molar-refractivity contribution in [3.8, 4) is 0 Å². The molecule has 0 radical (unpaired) electrons. The highest BCUT2D eigenvalue weighted by molar-refractivity contribution is 6.34. The minimum atomic E-state index is -0.415. The number of nitrogen functional groups attached to an aromatic ring is 1. The molecule has 0 fully saturated rings. The molecule has 0 saturated heterocycles. The summed E-state index contributed by atoms with van der Waals surface area (Å²) < 4.78 is 0. The fraction of sp³-hybridized carbons (Fsp3) is 0. The molecule has 1 aliphatic heterocycles. The fourth-order valence-corrected chi connectivity index (χ4v) is 2.50. The quantitative estimate of drug-likeness (QED) is 0.525. The maximum absolute atomic E-state index is 12.4. The van der Waals surface area contributed by atoms with Gasteiger partial charge in [0.25, 0.3) is 11.8 Å². The number of nitrogens with zero attached hydrogens (tertiary/aromatic N) is 2. The topological polar surface area (TPSA) is 92.1 Å². The van der Waals surface area contributed by atoms with Gasteiger partial charge >= 0.3 is 0 Å². The number of carbonyl (C=O) groups excluding carboxylic acids is 2. The van der Waals surface area contributed by atoms with Gasteiger partial charge < -0.3 is 10.7 Å². The maximum Gasteiger partial charge on any atom is 0.268 e. The van der Waals surface area contributed by atoms with Gasteiger partial charge in [-0.05, 0) is 30.3 Å². The summed E-state index contributed by atoms with van der Waals surface area (Å²) in [6, 6.07) is 12.0. The van der Waals surface area contributed by atoms with Crippen molar-refractivity contribution in [3.05, 3.63) is 53.6 Å². The Morgan fingerprint density at radius 1 is 1.00 bits per heavy atom. The van der Waals surface area contributed by atoms with Gasteiger partial charge in [-0.15, -0.1) is 0 Å². The lowest BCUT2D eigenvalue weighted by Gasteiger charge is -2.08. The van der Waals surface area contributed by atoms with Crippen molar-refractivity contribution in [3.63, 3.8) is 0 Å². The lowest BCUT2D eigenvalue weighted by atomic mass is 10.1. The second-order valence-corrected chi connectivity index (χ2v) is 4.83. The number of fused-ring (bicyclic) bond motifs is 2. The zero-order valence-electron chi connectivity index (χ0n) is 10.8. The Hall–Kier alpha value is -3.15. The molecule has 0 unspecified atom stereocenters. The minimum Gasteiger partial charge on any atom is -0.399 e. The number of aromatic amines is 1. The monoisotopic (exact) mass is 278 g/mol. The van der Waals surface area contributed by atoms with E-state index >= 15 is 0 Å². The molecule has 3 aromatic rings. The van der Waals surface area contributed by atoms with Gasteiger partial charge in [-0.3, -0.25) is 9.59 Å². The average Bonchev–Trinajstić information content (AvgIpc) is 2.99. The molecule has 4 rings (SSSR count). The third kappa shape index (κ3) is 1.56. The van der Waals surface area contributed by atoms with E-state index in [0.717, 1.165) is 10.4 Å². The van der Waals surface area contributed by atoms with Crippen LogP contribution in [0.2, 0.25) is 0 Å². The predicted octanol–water partition coefficient (Wildman–Crippen LogP) is 1.95. The number of anilines is 2. The Bertz CT molecular complexity index is 880. The number of rotatable bonds is 1. The molecule has 0 saturated carbocycles. The van der Waals surface area contributed by atoms with Gasteiger partial charge in [0.1, 0.15) is 0 Å². The molecule has 1 aromatic heterocycles. The van der Waals surface area contributed by atoms with Crippen LogP contribution < -0.4 is 10.6 Å². The van der Waals surface area contributed by atoms with Crippen molar-refractivity contribution in [2.75, 3.05) is 10.6 Å². The number of aromatic nitrogens is 2. The molecule has 102 valence electrons. The normalized spacial score (nSPS) is 14.0. The Labute approximate surface area is 119 Å². The Kier molecular flexibility index (Phi) is 2.18. The van der Waals surface area contributed by atoms with E-state index in [1.807, 2.05) is 24.3 Å². The molecule has 6 nitrogen and oxygen atoms in total. The zero-order valence-corrected chi connectivity index (χ0v) is 10.8. The molecule has 3 N–H and O–H groups in total. The van der Waals surface area contributed by atoms with Crippen LogP contribution in [-0.4, -0.2) is 21.8 Å². The van der Waals surface area contributed by atoms with E-state index in [1.54, 1.807) is 12.1 Å². The summed E-state index contributed by atoms with van der Waals surface area (Å²) in [6.07, 6.45) is 0. The number of hydrogen-bond acceptors (Lipinski definition) is 4. The maximum atomic E-state index is 12.4. The van der Waals surface area contributed by atoms with Gasteiger partial charge in [0, 0.05) is 5.69 Å². The van der Waals surface area contributed by atoms with Crippen LogP contribution in [0, 0.1) is 0 Å². The van der Waals surface area contributed by atoms with E-state index < -0.39 is 11.8 Å². The second kappa shape index (κ2) is 3.92.